The molecule has 5 rings (SSSR count). The number of carboxylic acids is 1. The molecule has 0 radical (unpaired) electrons. The molecule has 0 saturated heterocycles. The molecule has 4 N–H and O–H groups in total. The topological polar surface area (TPSA) is 202 Å². The Morgan fingerprint density at radius 3 is 2.22 bits per heavy atom. The number of aliphatic carboxylic acids is 1. The highest BCUT2D eigenvalue weighted by Crippen LogP contribution is 2.49. The number of hydrogen-bond donors (Lipinski definition) is 4. The first-order valence-corrected chi connectivity index (χ1v) is 25.0. The van der Waals surface area contributed by atoms with E-state index in [1.54, 1.807) is 6.07 Å². The number of carboxylic acid groups (broad SMARTS) is 1. The lowest BCUT2D eigenvalue weighted by molar-refractivity contribution is -0.438. The summed E-state index contributed by atoms with van der Waals surface area (Å²) >= 11 is 0. The summed E-state index contributed by atoms with van der Waals surface area (Å²) < 4.78 is 69.7. The predicted octanol–water partition coefficient (Wildman–Crippen LogP) is 7.67. The van der Waals surface area contributed by atoms with E-state index in [1.165, 1.54) is 24.6 Å². The number of unbranched alkanes of at least 4 members (excludes halogenated alkanes) is 3. The minimum absolute atomic E-state index is 0.0324. The van der Waals surface area contributed by atoms with E-state index in [9.17, 15) is 40.3 Å². The van der Waals surface area contributed by atoms with E-state index >= 15 is 0 Å². The molecule has 0 aromatic heterocycles. The zero-order chi connectivity index (χ0) is 47.4. The van der Waals surface area contributed by atoms with E-state index < -0.39 is 48.7 Å². The van der Waals surface area contributed by atoms with Crippen molar-refractivity contribution in [3.05, 3.63) is 94.7 Å². The van der Waals surface area contributed by atoms with Gasteiger partial charge in [-0.1, -0.05) is 51.8 Å². The number of fused-ring (bicyclic) bond motifs is 2. The summed E-state index contributed by atoms with van der Waals surface area (Å²) in [6.45, 7) is 13.0. The number of Topliss-reactive ketones (excluding diaryl/α,β-unsaturated/α-hetero) is 1. The Balaban J connectivity index is 1.63. The van der Waals surface area contributed by atoms with Crippen LogP contribution in [0.2, 0.25) is 0 Å². The predicted molar refractivity (Wildman–Crippen MR) is 251 cm³/mol. The minimum atomic E-state index is -4.55. The number of allylic oxidation sites excluding steroid dienone is 8. The lowest BCUT2D eigenvalue weighted by atomic mass is 9.68. The summed E-state index contributed by atoms with van der Waals surface area (Å²) in [6.07, 6.45) is 13.6. The summed E-state index contributed by atoms with van der Waals surface area (Å²) in [7, 11) is -4.79. The highest BCUT2D eigenvalue weighted by Gasteiger charge is 2.47. The molecule has 1 aliphatic carbocycles. The molecule has 2 heterocycles. The number of amides is 1. The molecule has 1 amide bonds. The van der Waals surface area contributed by atoms with Gasteiger partial charge in [0.25, 0.3) is 20.2 Å². The van der Waals surface area contributed by atoms with Crippen molar-refractivity contribution in [3.8, 4) is 0 Å². The van der Waals surface area contributed by atoms with Crippen molar-refractivity contribution in [3.63, 3.8) is 0 Å². The first-order valence-electron chi connectivity index (χ1n) is 22.0. The zero-order valence-electron chi connectivity index (χ0n) is 38.4. The van der Waals surface area contributed by atoms with Gasteiger partial charge in [0, 0.05) is 80.2 Å². The van der Waals surface area contributed by atoms with Crippen LogP contribution >= 0.6 is 0 Å². The zero-order valence-corrected chi connectivity index (χ0v) is 40.0. The summed E-state index contributed by atoms with van der Waals surface area (Å²) in [6, 6.07) is 10.8. The molecule has 0 spiro atoms. The van der Waals surface area contributed by atoms with Gasteiger partial charge in [-0.15, -0.1) is 0 Å². The maximum atomic E-state index is 14.4. The van der Waals surface area contributed by atoms with Crippen LogP contribution in [0.4, 0.5) is 17.1 Å². The third kappa shape index (κ3) is 11.1. The van der Waals surface area contributed by atoms with Crippen LogP contribution < -0.4 is 15.1 Å². The van der Waals surface area contributed by atoms with E-state index in [0.717, 1.165) is 42.0 Å². The number of carbonyl (C=O) groups is 3. The van der Waals surface area contributed by atoms with Crippen molar-refractivity contribution in [1.29, 1.82) is 0 Å². The van der Waals surface area contributed by atoms with Crippen molar-refractivity contribution < 1.29 is 50.0 Å². The Labute approximate surface area is 379 Å². The van der Waals surface area contributed by atoms with Crippen LogP contribution in [0.25, 0.3) is 0 Å². The van der Waals surface area contributed by atoms with Gasteiger partial charge in [0.1, 0.15) is 17.7 Å². The molecular formula is C48H65N4O10S2+. The van der Waals surface area contributed by atoms with Crippen molar-refractivity contribution in [2.24, 2.45) is 5.41 Å². The molecule has 0 fully saturated rings. The third-order valence-corrected chi connectivity index (χ3v) is 14.5. The van der Waals surface area contributed by atoms with Crippen LogP contribution in [0.3, 0.4) is 0 Å². The van der Waals surface area contributed by atoms with Gasteiger partial charge in [-0.05, 0) is 106 Å². The van der Waals surface area contributed by atoms with E-state index in [0.29, 0.717) is 41.8 Å². The average molecular weight is 922 g/mol. The molecule has 2 aliphatic heterocycles. The number of anilines is 2. The summed E-state index contributed by atoms with van der Waals surface area (Å²) in [4.78, 5) is 43.0. The molecule has 1 unspecified atom stereocenters. The lowest BCUT2D eigenvalue weighted by Gasteiger charge is -2.34. The normalized spacial score (nSPS) is 20.5. The van der Waals surface area contributed by atoms with Gasteiger partial charge in [-0.25, -0.2) is 0 Å². The molecule has 16 heteroatoms. The second-order valence-corrected chi connectivity index (χ2v) is 21.5. The second-order valence-electron chi connectivity index (χ2n) is 18.5. The number of hydrogen-bond acceptors (Lipinski definition) is 9. The van der Waals surface area contributed by atoms with Crippen molar-refractivity contribution in [2.45, 2.75) is 115 Å². The molecule has 64 heavy (non-hydrogen) atoms. The fourth-order valence-corrected chi connectivity index (χ4v) is 10.2. The van der Waals surface area contributed by atoms with Gasteiger partial charge in [0.2, 0.25) is 11.6 Å². The van der Waals surface area contributed by atoms with Crippen LogP contribution in [0, 0.1) is 5.41 Å². The van der Waals surface area contributed by atoms with E-state index in [1.807, 2.05) is 57.1 Å². The van der Waals surface area contributed by atoms with Crippen LogP contribution in [0.5, 0.6) is 0 Å². The number of ketones is 1. The number of carbonyl (C=O) groups excluding carboxylic acids is 2. The molecule has 14 nitrogen and oxygen atoms in total. The Kier molecular flexibility index (Phi) is 15.4. The molecule has 1 atom stereocenters. The average Bonchev–Trinajstić information content (AvgIpc) is 3.55. The highest BCUT2D eigenvalue weighted by atomic mass is 32.2. The minimum Gasteiger partial charge on any atom is -0.481 e. The molecule has 0 bridgehead atoms. The Bertz CT molecular complexity index is 2550. The second kappa shape index (κ2) is 19.7. The fraction of sp³-hybridized carbons (Fsp3) is 0.500. The van der Waals surface area contributed by atoms with Gasteiger partial charge in [-0.3, -0.25) is 23.5 Å². The SMILES string of the molecule is CCCC[N+]1=C(/C=C/C2=CC(=C/C=C3/N(CCCS(=O)(=O)O)c4ccc(S(=O)(=O)O)cc4C3(C)C)/CC(C(C)=O)(C(=O)NCCCCCC(=O)O)C2)C(C)(C)c2cc(N(C)C)ccc21. The van der Waals surface area contributed by atoms with E-state index in [2.05, 4.69) is 59.8 Å². The lowest BCUT2D eigenvalue weighted by Crippen LogP contribution is -2.47. The highest BCUT2D eigenvalue weighted by molar-refractivity contribution is 7.86. The molecule has 2 aromatic rings. The fourth-order valence-electron chi connectivity index (χ4n) is 9.16. The standard InChI is InChI=1S/C48H64N4O10S2/c1-9-10-25-51-40-20-18-36(50(7)8)29-38(40)46(3,4)42(51)22-16-34-28-35(32-48(31-34,33(2)53)45(56)49-24-13-11-12-15-44(54)55)17-23-43-47(5,6)39-30-37(64(60,61)62)19-21-41(39)52(43)26-14-27-63(57,58)59/h16-23,28-30H,9-15,24-27,31-32H2,1-8H3,(H3-,49,54,55,56,57,58,59,60,61,62)/p+1. The van der Waals surface area contributed by atoms with Crippen LogP contribution in [0.1, 0.15) is 110 Å². The molecule has 348 valence electrons. The first-order chi connectivity index (χ1) is 29.8. The van der Waals surface area contributed by atoms with E-state index in [4.69, 9.17) is 5.11 Å². The van der Waals surface area contributed by atoms with Crippen LogP contribution in [-0.4, -0.2) is 98.5 Å². The van der Waals surface area contributed by atoms with Crippen LogP contribution in [0.15, 0.2) is 88.5 Å². The van der Waals surface area contributed by atoms with Crippen LogP contribution in [-0.2, 0) is 45.4 Å². The van der Waals surface area contributed by atoms with Gasteiger partial charge in [0.15, 0.2) is 5.71 Å². The Hall–Kier alpha value is -4.90. The number of nitrogens with one attached hydrogen (secondary N) is 1. The van der Waals surface area contributed by atoms with Crippen molar-refractivity contribution >= 4 is 60.7 Å². The number of nitrogens with zero attached hydrogens (tertiary/aromatic N) is 3. The van der Waals surface area contributed by atoms with E-state index in [-0.39, 0.29) is 54.9 Å². The summed E-state index contributed by atoms with van der Waals surface area (Å²) in [5.41, 5.74) is 5.06. The van der Waals surface area contributed by atoms with Gasteiger partial charge in [-0.2, -0.15) is 21.4 Å². The quantitative estimate of drug-likeness (QED) is 0.0438. The molecular weight excluding hydrogens is 857 g/mol. The molecule has 2 aromatic carbocycles. The maximum Gasteiger partial charge on any atom is 0.303 e. The number of rotatable bonds is 20. The molecule has 0 saturated carbocycles. The Morgan fingerprint density at radius 1 is 0.875 bits per heavy atom. The van der Waals surface area contributed by atoms with Gasteiger partial charge in [0.05, 0.1) is 16.1 Å². The van der Waals surface area contributed by atoms with Crippen molar-refractivity contribution in [1.82, 2.24) is 5.32 Å². The first kappa shape index (κ1) is 50.1. The summed E-state index contributed by atoms with van der Waals surface area (Å²) in [5.74, 6) is -2.12. The monoisotopic (exact) mass is 921 g/mol. The third-order valence-electron chi connectivity index (χ3n) is 12.8. The maximum absolute atomic E-state index is 14.4. The van der Waals surface area contributed by atoms with Crippen molar-refractivity contribution in [2.75, 3.05) is 49.3 Å². The molecule has 3 aliphatic rings. The Morgan fingerprint density at radius 2 is 1.59 bits per heavy atom. The number of benzene rings is 2. The summed E-state index contributed by atoms with van der Waals surface area (Å²) in [5, 5.41) is 12.0. The van der Waals surface area contributed by atoms with Gasteiger partial charge >= 0.3 is 5.97 Å². The van der Waals surface area contributed by atoms with Gasteiger partial charge < -0.3 is 20.2 Å². The smallest absolute Gasteiger partial charge is 0.303 e. The largest absolute Gasteiger partial charge is 0.481 e.